The first kappa shape index (κ1) is 13.6. The summed E-state index contributed by atoms with van der Waals surface area (Å²) in [6, 6.07) is 16.4. The van der Waals surface area contributed by atoms with Gasteiger partial charge in [-0.15, -0.1) is 0 Å². The van der Waals surface area contributed by atoms with Crippen molar-refractivity contribution in [1.29, 1.82) is 0 Å². The number of fused-ring (bicyclic) bond motifs is 2. The zero-order valence-electron chi connectivity index (χ0n) is 11.9. The van der Waals surface area contributed by atoms with Gasteiger partial charge in [0.25, 0.3) is 0 Å². The highest BCUT2D eigenvalue weighted by molar-refractivity contribution is 7.00. The third-order valence-corrected chi connectivity index (χ3v) is 3.72. The van der Waals surface area contributed by atoms with Crippen molar-refractivity contribution < 1.29 is 0 Å². The number of rotatable bonds is 0. The van der Waals surface area contributed by atoms with Gasteiger partial charge in [-0.25, -0.2) is 0 Å². The Bertz CT molecular complexity index is 883. The molecule has 3 nitrogen and oxygen atoms in total. The van der Waals surface area contributed by atoms with Crippen molar-refractivity contribution in [3.05, 3.63) is 65.9 Å². The molecule has 2 aromatic heterocycles. The van der Waals surface area contributed by atoms with Crippen LogP contribution in [-0.4, -0.2) is 13.7 Å². The fraction of sp³-hybridized carbons (Fsp3) is 0.118. The van der Waals surface area contributed by atoms with Crippen molar-refractivity contribution in [3.63, 3.8) is 0 Å². The Morgan fingerprint density at radius 3 is 2.33 bits per heavy atom. The Morgan fingerprint density at radius 1 is 0.762 bits per heavy atom. The Balaban J connectivity index is 0.000000126. The maximum atomic E-state index is 4.22. The maximum absolute atomic E-state index is 4.22. The van der Waals surface area contributed by atoms with Gasteiger partial charge in [0.05, 0.1) is 17.2 Å². The standard InChI is InChI=1S/C10H9N.C7H6N2S/c1-8-4-5-10-9(7-8)3-2-6-11-10;1-5-2-3-6-7(4-5)9-10-8-6/h2-7H,1H3;2-4H,1H3. The zero-order valence-corrected chi connectivity index (χ0v) is 12.8. The van der Waals surface area contributed by atoms with Crippen LogP contribution in [0.15, 0.2) is 54.7 Å². The molecule has 2 aromatic carbocycles. The third-order valence-electron chi connectivity index (χ3n) is 3.17. The predicted octanol–water partition coefficient (Wildman–Crippen LogP) is 4.54. The minimum Gasteiger partial charge on any atom is -0.256 e. The lowest BCUT2D eigenvalue weighted by Crippen LogP contribution is -1.77. The molecule has 0 aliphatic carbocycles. The number of benzene rings is 2. The second-order valence-electron chi connectivity index (χ2n) is 4.96. The summed E-state index contributed by atoms with van der Waals surface area (Å²) in [6.07, 6.45) is 1.82. The summed E-state index contributed by atoms with van der Waals surface area (Å²) in [4.78, 5) is 4.22. The SMILES string of the molecule is Cc1ccc2ncccc2c1.Cc1ccc2nsnc2c1. The monoisotopic (exact) mass is 293 g/mol. The van der Waals surface area contributed by atoms with Crippen molar-refractivity contribution in [2.75, 3.05) is 0 Å². The molecule has 0 spiro atoms. The maximum Gasteiger partial charge on any atom is 0.105 e. The van der Waals surface area contributed by atoms with E-state index in [-0.39, 0.29) is 0 Å². The van der Waals surface area contributed by atoms with E-state index in [1.54, 1.807) is 0 Å². The summed E-state index contributed by atoms with van der Waals surface area (Å²) < 4.78 is 8.20. The second kappa shape index (κ2) is 5.97. The lowest BCUT2D eigenvalue weighted by atomic mass is 10.1. The first-order chi connectivity index (χ1) is 10.2. The van der Waals surface area contributed by atoms with E-state index >= 15 is 0 Å². The molecule has 21 heavy (non-hydrogen) atoms. The molecule has 0 N–H and O–H groups in total. The van der Waals surface area contributed by atoms with Gasteiger partial charge in [0.2, 0.25) is 0 Å². The highest BCUT2D eigenvalue weighted by Crippen LogP contribution is 2.12. The van der Waals surface area contributed by atoms with Crippen LogP contribution in [-0.2, 0) is 0 Å². The smallest absolute Gasteiger partial charge is 0.105 e. The van der Waals surface area contributed by atoms with E-state index in [0.29, 0.717) is 0 Å². The van der Waals surface area contributed by atoms with Gasteiger partial charge in [0.1, 0.15) is 11.0 Å². The van der Waals surface area contributed by atoms with Crippen molar-refractivity contribution in [3.8, 4) is 0 Å². The second-order valence-corrected chi connectivity index (χ2v) is 5.48. The minimum atomic E-state index is 0.996. The first-order valence-corrected chi connectivity index (χ1v) is 7.46. The van der Waals surface area contributed by atoms with Crippen LogP contribution in [0, 0.1) is 13.8 Å². The van der Waals surface area contributed by atoms with Gasteiger partial charge in [0, 0.05) is 11.6 Å². The quantitative estimate of drug-likeness (QED) is 0.477. The number of aryl methyl sites for hydroxylation is 2. The molecule has 4 rings (SSSR count). The van der Waals surface area contributed by atoms with Gasteiger partial charge in [-0.3, -0.25) is 4.98 Å². The molecule has 2 heterocycles. The predicted molar refractivity (Wildman–Crippen MR) is 88.6 cm³/mol. The molecular weight excluding hydrogens is 278 g/mol. The van der Waals surface area contributed by atoms with E-state index in [1.807, 2.05) is 36.5 Å². The Hall–Kier alpha value is -2.33. The molecule has 0 aliphatic rings. The van der Waals surface area contributed by atoms with Crippen LogP contribution in [0.25, 0.3) is 21.9 Å². The van der Waals surface area contributed by atoms with E-state index in [0.717, 1.165) is 16.6 Å². The van der Waals surface area contributed by atoms with Crippen LogP contribution in [0.5, 0.6) is 0 Å². The highest BCUT2D eigenvalue weighted by atomic mass is 32.1. The van der Waals surface area contributed by atoms with Gasteiger partial charge in [-0.05, 0) is 49.7 Å². The lowest BCUT2D eigenvalue weighted by molar-refractivity contribution is 1.39. The normalized spacial score (nSPS) is 10.4. The van der Waals surface area contributed by atoms with E-state index in [1.165, 1.54) is 28.2 Å². The van der Waals surface area contributed by atoms with Crippen molar-refractivity contribution in [2.24, 2.45) is 0 Å². The fourth-order valence-electron chi connectivity index (χ4n) is 2.09. The lowest BCUT2D eigenvalue weighted by Gasteiger charge is -1.95. The van der Waals surface area contributed by atoms with Crippen molar-refractivity contribution in [2.45, 2.75) is 13.8 Å². The third kappa shape index (κ3) is 3.23. The van der Waals surface area contributed by atoms with Crippen molar-refractivity contribution in [1.82, 2.24) is 13.7 Å². The topological polar surface area (TPSA) is 38.7 Å². The number of hydrogen-bond donors (Lipinski definition) is 0. The van der Waals surface area contributed by atoms with Gasteiger partial charge >= 0.3 is 0 Å². The van der Waals surface area contributed by atoms with Gasteiger partial charge in [-0.1, -0.05) is 23.8 Å². The van der Waals surface area contributed by atoms with Gasteiger partial charge in [0.15, 0.2) is 0 Å². The highest BCUT2D eigenvalue weighted by Gasteiger charge is 1.95. The summed E-state index contributed by atoms with van der Waals surface area (Å²) in [7, 11) is 0. The molecule has 0 atom stereocenters. The largest absolute Gasteiger partial charge is 0.256 e. The van der Waals surface area contributed by atoms with Crippen LogP contribution in [0.4, 0.5) is 0 Å². The van der Waals surface area contributed by atoms with E-state index < -0.39 is 0 Å². The average molecular weight is 293 g/mol. The summed E-state index contributed by atoms with van der Waals surface area (Å²) in [5, 5.41) is 1.22. The minimum absolute atomic E-state index is 0.996. The average Bonchev–Trinajstić information content (AvgIpc) is 2.95. The van der Waals surface area contributed by atoms with E-state index in [2.05, 4.69) is 45.8 Å². The number of hydrogen-bond acceptors (Lipinski definition) is 4. The molecule has 104 valence electrons. The molecular formula is C17H15N3S. The summed E-state index contributed by atoms with van der Waals surface area (Å²) in [5.74, 6) is 0. The molecule has 0 radical (unpaired) electrons. The van der Waals surface area contributed by atoms with Crippen LogP contribution in [0.2, 0.25) is 0 Å². The van der Waals surface area contributed by atoms with Gasteiger partial charge < -0.3 is 0 Å². The molecule has 4 aromatic rings. The summed E-state index contributed by atoms with van der Waals surface area (Å²) in [5.41, 5.74) is 5.59. The van der Waals surface area contributed by atoms with Crippen LogP contribution < -0.4 is 0 Å². The molecule has 4 heteroatoms. The van der Waals surface area contributed by atoms with E-state index in [9.17, 15) is 0 Å². The van der Waals surface area contributed by atoms with Crippen molar-refractivity contribution >= 4 is 33.7 Å². The molecule has 0 aliphatic heterocycles. The van der Waals surface area contributed by atoms with Crippen LogP contribution in [0.3, 0.4) is 0 Å². The molecule has 0 saturated heterocycles. The number of aromatic nitrogens is 3. The number of pyridine rings is 1. The van der Waals surface area contributed by atoms with Gasteiger partial charge in [-0.2, -0.15) is 8.75 Å². The Kier molecular flexibility index (Phi) is 3.88. The number of nitrogens with zero attached hydrogens (tertiary/aromatic N) is 3. The fourth-order valence-corrected chi connectivity index (χ4v) is 2.60. The zero-order chi connectivity index (χ0) is 14.7. The molecule has 0 unspecified atom stereocenters. The molecule has 0 saturated carbocycles. The summed E-state index contributed by atoms with van der Waals surface area (Å²) >= 11 is 1.26. The van der Waals surface area contributed by atoms with Crippen LogP contribution in [0.1, 0.15) is 11.1 Å². The molecule has 0 bridgehead atoms. The summed E-state index contributed by atoms with van der Waals surface area (Å²) in [6.45, 7) is 4.14. The molecule has 0 fully saturated rings. The van der Waals surface area contributed by atoms with Crippen LogP contribution >= 0.6 is 11.7 Å². The van der Waals surface area contributed by atoms with E-state index in [4.69, 9.17) is 0 Å². The first-order valence-electron chi connectivity index (χ1n) is 6.73. The Morgan fingerprint density at radius 2 is 1.48 bits per heavy atom. The molecule has 0 amide bonds. The Labute approximate surface area is 127 Å².